The monoisotopic (exact) mass is 405 g/mol. The van der Waals surface area contributed by atoms with Gasteiger partial charge in [-0.1, -0.05) is 31.5 Å². The maximum atomic E-state index is 5.88. The normalized spacial score (nSPS) is 12.9. The zero-order valence-electron chi connectivity index (χ0n) is 13.4. The second-order valence-electron chi connectivity index (χ2n) is 5.28. The highest BCUT2D eigenvalue weighted by atomic mass is 127. The maximum absolute atomic E-state index is 5.88. The molecule has 4 nitrogen and oxygen atoms in total. The Hall–Kier alpha value is -0.820. The van der Waals surface area contributed by atoms with Gasteiger partial charge in [0.1, 0.15) is 0 Å². The lowest BCUT2D eigenvalue weighted by molar-refractivity contribution is 0.0266. The number of nitrogens with zero attached hydrogens (tertiary/aromatic N) is 1. The van der Waals surface area contributed by atoms with E-state index in [2.05, 4.69) is 31.1 Å². The summed E-state index contributed by atoms with van der Waals surface area (Å²) in [6.45, 7) is 9.82. The van der Waals surface area contributed by atoms with Crippen LogP contribution < -0.4 is 11.1 Å². The number of benzene rings is 1. The fourth-order valence-corrected chi connectivity index (χ4v) is 1.96. The van der Waals surface area contributed by atoms with E-state index in [0.29, 0.717) is 18.4 Å². The third-order valence-corrected chi connectivity index (χ3v) is 3.14. The number of nitrogens with two attached hydrogens (primary N) is 1. The van der Waals surface area contributed by atoms with Crippen LogP contribution in [0.15, 0.2) is 29.3 Å². The summed E-state index contributed by atoms with van der Waals surface area (Å²) in [6.07, 6.45) is 1.14. The molecule has 0 fully saturated rings. The Morgan fingerprint density at radius 1 is 1.29 bits per heavy atom. The van der Waals surface area contributed by atoms with E-state index >= 15 is 0 Å². The van der Waals surface area contributed by atoms with E-state index in [4.69, 9.17) is 10.5 Å². The van der Waals surface area contributed by atoms with E-state index in [-0.39, 0.29) is 30.1 Å². The van der Waals surface area contributed by atoms with Crippen LogP contribution in [0.4, 0.5) is 5.69 Å². The number of anilines is 1. The van der Waals surface area contributed by atoms with Crippen LogP contribution in [-0.4, -0.2) is 25.2 Å². The van der Waals surface area contributed by atoms with E-state index in [0.717, 1.165) is 18.7 Å². The third-order valence-electron chi connectivity index (χ3n) is 3.14. The van der Waals surface area contributed by atoms with Crippen LogP contribution in [-0.2, 0) is 4.74 Å². The molecule has 0 heterocycles. The van der Waals surface area contributed by atoms with Gasteiger partial charge in [-0.05, 0) is 38.3 Å². The van der Waals surface area contributed by atoms with Crippen molar-refractivity contribution < 1.29 is 4.74 Å². The van der Waals surface area contributed by atoms with Crippen molar-refractivity contribution in [1.29, 1.82) is 0 Å². The van der Waals surface area contributed by atoms with Crippen LogP contribution in [0.3, 0.4) is 0 Å². The summed E-state index contributed by atoms with van der Waals surface area (Å²) in [7, 11) is 0. The summed E-state index contributed by atoms with van der Waals surface area (Å²) in [5, 5.41) is 3.09. The lowest BCUT2D eigenvalue weighted by atomic mass is 10.0. The lowest BCUT2D eigenvalue weighted by Gasteiger charge is -2.19. The Bertz CT molecular complexity index is 418. The van der Waals surface area contributed by atoms with Gasteiger partial charge in [0.25, 0.3) is 0 Å². The van der Waals surface area contributed by atoms with E-state index in [1.165, 1.54) is 5.56 Å². The molecule has 0 spiro atoms. The molecule has 1 atom stereocenters. The quantitative estimate of drug-likeness (QED) is 0.412. The summed E-state index contributed by atoms with van der Waals surface area (Å²) in [4.78, 5) is 4.35. The Labute approximate surface area is 145 Å². The standard InChI is InChI=1S/C16H27N3O.HI/c1-5-20-15(12(2)3)10-11-18-16(17)19-14-8-6-13(4)7-9-14;/h6-9,12,15H,5,10-11H2,1-4H3,(H3,17,18,19);1H. The average molecular weight is 405 g/mol. The molecule has 0 bridgehead atoms. The van der Waals surface area contributed by atoms with Gasteiger partial charge in [-0.25, -0.2) is 0 Å². The average Bonchev–Trinajstić information content (AvgIpc) is 2.40. The molecule has 0 radical (unpaired) electrons. The highest BCUT2D eigenvalue weighted by molar-refractivity contribution is 14.0. The Morgan fingerprint density at radius 3 is 2.43 bits per heavy atom. The van der Waals surface area contributed by atoms with Crippen LogP contribution in [0.1, 0.15) is 32.8 Å². The van der Waals surface area contributed by atoms with Gasteiger partial charge in [0.05, 0.1) is 6.10 Å². The number of rotatable bonds is 7. The highest BCUT2D eigenvalue weighted by Crippen LogP contribution is 2.11. The van der Waals surface area contributed by atoms with Gasteiger partial charge < -0.3 is 15.8 Å². The molecule has 21 heavy (non-hydrogen) atoms. The van der Waals surface area contributed by atoms with Crippen molar-refractivity contribution in [3.63, 3.8) is 0 Å². The van der Waals surface area contributed by atoms with Crippen molar-refractivity contribution in [2.24, 2.45) is 16.6 Å². The minimum atomic E-state index is 0. The number of hydrogen-bond donors (Lipinski definition) is 2. The van der Waals surface area contributed by atoms with Gasteiger partial charge in [0, 0.05) is 18.8 Å². The Morgan fingerprint density at radius 2 is 1.90 bits per heavy atom. The molecule has 0 aliphatic carbocycles. The van der Waals surface area contributed by atoms with Crippen LogP contribution in [0.25, 0.3) is 0 Å². The number of nitrogens with one attached hydrogen (secondary N) is 1. The first-order valence-corrected chi connectivity index (χ1v) is 7.28. The number of halogens is 1. The Balaban J connectivity index is 0.00000400. The first-order valence-electron chi connectivity index (χ1n) is 7.28. The molecule has 0 saturated carbocycles. The largest absolute Gasteiger partial charge is 0.378 e. The second-order valence-corrected chi connectivity index (χ2v) is 5.28. The van der Waals surface area contributed by atoms with E-state index < -0.39 is 0 Å². The smallest absolute Gasteiger partial charge is 0.193 e. The molecule has 0 aromatic heterocycles. The summed E-state index contributed by atoms with van der Waals surface area (Å²) in [5.41, 5.74) is 8.06. The zero-order valence-corrected chi connectivity index (χ0v) is 15.8. The van der Waals surface area contributed by atoms with Gasteiger partial charge in [-0.3, -0.25) is 4.99 Å². The van der Waals surface area contributed by atoms with Crippen LogP contribution in [0.5, 0.6) is 0 Å². The van der Waals surface area contributed by atoms with E-state index in [1.54, 1.807) is 0 Å². The molecule has 120 valence electrons. The molecule has 1 aromatic rings. The van der Waals surface area contributed by atoms with Gasteiger partial charge in [-0.2, -0.15) is 0 Å². The van der Waals surface area contributed by atoms with Crippen LogP contribution in [0.2, 0.25) is 0 Å². The minimum Gasteiger partial charge on any atom is -0.378 e. The number of ether oxygens (including phenoxy) is 1. The fourth-order valence-electron chi connectivity index (χ4n) is 1.96. The second kappa shape index (κ2) is 10.8. The summed E-state index contributed by atoms with van der Waals surface area (Å²) in [5.74, 6) is 0.948. The van der Waals surface area contributed by atoms with E-state index in [9.17, 15) is 0 Å². The predicted octanol–water partition coefficient (Wildman–Crippen LogP) is 3.79. The number of aliphatic imine (C=N–C) groups is 1. The van der Waals surface area contributed by atoms with Crippen molar-refractivity contribution >= 4 is 35.6 Å². The molecule has 0 aliphatic heterocycles. The van der Waals surface area contributed by atoms with Gasteiger partial charge >= 0.3 is 0 Å². The highest BCUT2D eigenvalue weighted by Gasteiger charge is 2.12. The molecule has 0 amide bonds. The van der Waals surface area contributed by atoms with E-state index in [1.807, 2.05) is 31.2 Å². The maximum Gasteiger partial charge on any atom is 0.193 e. The van der Waals surface area contributed by atoms with Gasteiger partial charge in [-0.15, -0.1) is 24.0 Å². The minimum absolute atomic E-state index is 0. The molecular formula is C16H28IN3O. The third kappa shape index (κ3) is 8.26. The molecule has 0 saturated heterocycles. The first-order chi connectivity index (χ1) is 9.52. The van der Waals surface area contributed by atoms with Crippen molar-refractivity contribution in [2.75, 3.05) is 18.5 Å². The zero-order chi connectivity index (χ0) is 15.0. The summed E-state index contributed by atoms with van der Waals surface area (Å²) in [6, 6.07) is 8.07. The molecule has 1 rings (SSSR count). The summed E-state index contributed by atoms with van der Waals surface area (Å²) >= 11 is 0. The fraction of sp³-hybridized carbons (Fsp3) is 0.562. The number of aryl methyl sites for hydroxylation is 1. The molecule has 1 aromatic carbocycles. The molecule has 5 heteroatoms. The molecule has 3 N–H and O–H groups in total. The molecule has 0 aliphatic rings. The topological polar surface area (TPSA) is 59.6 Å². The lowest BCUT2D eigenvalue weighted by Crippen LogP contribution is -2.25. The molecular weight excluding hydrogens is 377 g/mol. The van der Waals surface area contributed by atoms with Crippen LogP contribution in [0, 0.1) is 12.8 Å². The van der Waals surface area contributed by atoms with Crippen molar-refractivity contribution in [3.8, 4) is 0 Å². The molecule has 1 unspecified atom stereocenters. The predicted molar refractivity (Wildman–Crippen MR) is 102 cm³/mol. The SMILES string of the molecule is CCOC(CCN=C(N)Nc1ccc(C)cc1)C(C)C.I. The number of hydrogen-bond acceptors (Lipinski definition) is 2. The van der Waals surface area contributed by atoms with Gasteiger partial charge in [0.2, 0.25) is 0 Å². The summed E-state index contributed by atoms with van der Waals surface area (Å²) < 4.78 is 5.69. The van der Waals surface area contributed by atoms with Crippen molar-refractivity contribution in [1.82, 2.24) is 0 Å². The first kappa shape index (κ1) is 20.2. The van der Waals surface area contributed by atoms with Crippen molar-refractivity contribution in [3.05, 3.63) is 29.8 Å². The Kier molecular flexibility index (Phi) is 10.4. The van der Waals surface area contributed by atoms with Crippen LogP contribution >= 0.6 is 24.0 Å². The number of guanidine groups is 1. The van der Waals surface area contributed by atoms with Crippen molar-refractivity contribution in [2.45, 2.75) is 40.2 Å². The van der Waals surface area contributed by atoms with Gasteiger partial charge in [0.15, 0.2) is 5.96 Å².